The summed E-state index contributed by atoms with van der Waals surface area (Å²) in [5.74, 6) is 0.422. The summed E-state index contributed by atoms with van der Waals surface area (Å²) in [6.45, 7) is 9.83. The van der Waals surface area contributed by atoms with Gasteiger partial charge in [0.15, 0.2) is 5.65 Å². The molecule has 0 aromatic carbocycles. The third-order valence-electron chi connectivity index (χ3n) is 4.67. The van der Waals surface area contributed by atoms with Gasteiger partial charge in [0.2, 0.25) is 0 Å². The van der Waals surface area contributed by atoms with Crippen LogP contribution in [0.15, 0.2) is 18.6 Å². The molecule has 0 aliphatic carbocycles. The van der Waals surface area contributed by atoms with Crippen molar-refractivity contribution in [3.05, 3.63) is 29.7 Å². The standard InChI is InChI=1S/C17H26N6O/c1-3-22(4-2)11-14-9-19-16-15(10-21-23(16)12-14)17(24)20-8-13-5-6-18-7-13/h9-10,12-13,18H,3-8,11H2,1-2H3,(H,20,24). The van der Waals surface area contributed by atoms with Gasteiger partial charge in [-0.2, -0.15) is 5.10 Å². The number of nitrogens with zero attached hydrogens (tertiary/aromatic N) is 4. The van der Waals surface area contributed by atoms with Crippen LogP contribution in [0.3, 0.4) is 0 Å². The van der Waals surface area contributed by atoms with Crippen molar-refractivity contribution in [2.75, 3.05) is 32.7 Å². The number of carbonyl (C=O) groups excluding carboxylic acids is 1. The van der Waals surface area contributed by atoms with Gasteiger partial charge in [0, 0.05) is 31.0 Å². The van der Waals surface area contributed by atoms with Crippen LogP contribution in [0.1, 0.15) is 36.2 Å². The molecule has 24 heavy (non-hydrogen) atoms. The van der Waals surface area contributed by atoms with Gasteiger partial charge in [-0.05, 0) is 38.5 Å². The van der Waals surface area contributed by atoms with Crippen LogP contribution in [0.5, 0.6) is 0 Å². The highest BCUT2D eigenvalue weighted by molar-refractivity contribution is 5.99. The second kappa shape index (κ2) is 7.72. The zero-order valence-electron chi connectivity index (χ0n) is 14.5. The molecule has 0 radical (unpaired) electrons. The van der Waals surface area contributed by atoms with E-state index in [1.54, 1.807) is 10.7 Å². The Morgan fingerprint density at radius 2 is 2.25 bits per heavy atom. The first-order valence-corrected chi connectivity index (χ1v) is 8.74. The number of rotatable bonds is 7. The lowest BCUT2D eigenvalue weighted by atomic mass is 10.1. The van der Waals surface area contributed by atoms with Gasteiger partial charge in [-0.1, -0.05) is 13.8 Å². The Bertz CT molecular complexity index is 687. The Kier molecular flexibility index (Phi) is 5.42. The minimum absolute atomic E-state index is 0.0964. The number of nitrogens with one attached hydrogen (secondary N) is 2. The quantitative estimate of drug-likeness (QED) is 0.789. The topological polar surface area (TPSA) is 74.6 Å². The first kappa shape index (κ1) is 16.9. The summed E-state index contributed by atoms with van der Waals surface area (Å²) < 4.78 is 1.70. The van der Waals surface area contributed by atoms with E-state index in [4.69, 9.17) is 0 Å². The molecule has 1 unspecified atom stereocenters. The average molecular weight is 330 g/mol. The predicted molar refractivity (Wildman–Crippen MR) is 92.9 cm³/mol. The first-order valence-electron chi connectivity index (χ1n) is 8.74. The zero-order valence-corrected chi connectivity index (χ0v) is 14.5. The second-order valence-electron chi connectivity index (χ2n) is 6.32. The van der Waals surface area contributed by atoms with Gasteiger partial charge in [-0.15, -0.1) is 0 Å². The van der Waals surface area contributed by atoms with Crippen LogP contribution in [0, 0.1) is 5.92 Å². The van der Waals surface area contributed by atoms with Crippen molar-refractivity contribution in [2.45, 2.75) is 26.8 Å². The SMILES string of the molecule is CCN(CC)Cc1cnc2c(C(=O)NCC3CCNC3)cnn2c1. The van der Waals surface area contributed by atoms with Crippen LogP contribution >= 0.6 is 0 Å². The Morgan fingerprint density at radius 3 is 2.96 bits per heavy atom. The minimum atomic E-state index is -0.0964. The van der Waals surface area contributed by atoms with Crippen molar-refractivity contribution in [1.82, 2.24) is 30.1 Å². The van der Waals surface area contributed by atoms with Crippen LogP contribution < -0.4 is 10.6 Å². The van der Waals surface area contributed by atoms with E-state index in [1.807, 2.05) is 12.4 Å². The van der Waals surface area contributed by atoms with Crippen LogP contribution in [-0.2, 0) is 6.54 Å². The monoisotopic (exact) mass is 330 g/mol. The summed E-state index contributed by atoms with van der Waals surface area (Å²) in [5, 5.41) is 10.6. The van der Waals surface area contributed by atoms with E-state index in [0.717, 1.165) is 44.7 Å². The third kappa shape index (κ3) is 3.73. The molecule has 1 amide bonds. The Hall–Kier alpha value is -1.99. The summed E-state index contributed by atoms with van der Waals surface area (Å²) >= 11 is 0. The number of hydrogen-bond acceptors (Lipinski definition) is 5. The average Bonchev–Trinajstić information content (AvgIpc) is 3.26. The van der Waals surface area contributed by atoms with Crippen molar-refractivity contribution in [3.8, 4) is 0 Å². The number of aromatic nitrogens is 3. The highest BCUT2D eigenvalue weighted by Crippen LogP contribution is 2.11. The third-order valence-corrected chi connectivity index (χ3v) is 4.67. The van der Waals surface area contributed by atoms with Gasteiger partial charge in [-0.25, -0.2) is 9.50 Å². The molecule has 2 N–H and O–H groups in total. The molecule has 7 nitrogen and oxygen atoms in total. The van der Waals surface area contributed by atoms with Gasteiger partial charge in [-0.3, -0.25) is 9.69 Å². The van der Waals surface area contributed by atoms with E-state index in [0.29, 0.717) is 23.7 Å². The summed E-state index contributed by atoms with van der Waals surface area (Å²) in [6, 6.07) is 0. The Labute approximate surface area is 142 Å². The van der Waals surface area contributed by atoms with Gasteiger partial charge in [0.25, 0.3) is 5.91 Å². The number of amides is 1. The molecular formula is C17H26N6O. The number of carbonyl (C=O) groups is 1. The molecule has 1 saturated heterocycles. The van der Waals surface area contributed by atoms with Gasteiger partial charge >= 0.3 is 0 Å². The second-order valence-corrected chi connectivity index (χ2v) is 6.32. The van der Waals surface area contributed by atoms with E-state index in [2.05, 4.69) is 39.5 Å². The largest absolute Gasteiger partial charge is 0.352 e. The fourth-order valence-corrected chi connectivity index (χ4v) is 3.08. The minimum Gasteiger partial charge on any atom is -0.352 e. The van der Waals surface area contributed by atoms with E-state index in [1.165, 1.54) is 0 Å². The molecule has 7 heteroatoms. The van der Waals surface area contributed by atoms with Crippen molar-refractivity contribution in [3.63, 3.8) is 0 Å². The molecule has 1 aliphatic rings. The van der Waals surface area contributed by atoms with Crippen molar-refractivity contribution in [2.24, 2.45) is 5.92 Å². The molecule has 1 aliphatic heterocycles. The molecule has 3 rings (SSSR count). The fourth-order valence-electron chi connectivity index (χ4n) is 3.08. The molecule has 0 spiro atoms. The summed E-state index contributed by atoms with van der Waals surface area (Å²) in [5.41, 5.74) is 2.24. The molecule has 1 atom stereocenters. The van der Waals surface area contributed by atoms with Crippen molar-refractivity contribution < 1.29 is 4.79 Å². The first-order chi connectivity index (χ1) is 11.7. The van der Waals surface area contributed by atoms with Gasteiger partial charge in [0.1, 0.15) is 5.56 Å². The smallest absolute Gasteiger partial charge is 0.256 e. The lowest BCUT2D eigenvalue weighted by Gasteiger charge is -2.17. The molecule has 130 valence electrons. The summed E-state index contributed by atoms with van der Waals surface area (Å²) in [6.07, 6.45) is 6.51. The molecule has 1 fully saturated rings. The Balaban J connectivity index is 1.69. The van der Waals surface area contributed by atoms with Gasteiger partial charge in [0.05, 0.1) is 6.20 Å². The van der Waals surface area contributed by atoms with Crippen molar-refractivity contribution >= 4 is 11.6 Å². The zero-order chi connectivity index (χ0) is 16.9. The Morgan fingerprint density at radius 1 is 1.42 bits per heavy atom. The number of hydrogen-bond donors (Lipinski definition) is 2. The molecule has 2 aromatic heterocycles. The maximum absolute atomic E-state index is 12.4. The molecule has 0 saturated carbocycles. The van der Waals surface area contributed by atoms with E-state index < -0.39 is 0 Å². The lowest BCUT2D eigenvalue weighted by molar-refractivity contribution is 0.0949. The van der Waals surface area contributed by atoms with Gasteiger partial charge < -0.3 is 10.6 Å². The summed E-state index contributed by atoms with van der Waals surface area (Å²) in [7, 11) is 0. The van der Waals surface area contributed by atoms with Crippen LogP contribution in [0.25, 0.3) is 5.65 Å². The number of fused-ring (bicyclic) bond motifs is 1. The predicted octanol–water partition coefficient (Wildman–Crippen LogP) is 0.910. The van der Waals surface area contributed by atoms with E-state index in [9.17, 15) is 4.79 Å². The van der Waals surface area contributed by atoms with Crippen LogP contribution in [0.2, 0.25) is 0 Å². The maximum atomic E-state index is 12.4. The lowest BCUT2D eigenvalue weighted by Crippen LogP contribution is -2.30. The van der Waals surface area contributed by atoms with Crippen molar-refractivity contribution in [1.29, 1.82) is 0 Å². The van der Waals surface area contributed by atoms with E-state index >= 15 is 0 Å². The van der Waals surface area contributed by atoms with E-state index in [-0.39, 0.29) is 5.91 Å². The molecule has 3 heterocycles. The maximum Gasteiger partial charge on any atom is 0.256 e. The highest BCUT2D eigenvalue weighted by atomic mass is 16.1. The van der Waals surface area contributed by atoms with Crippen LogP contribution in [-0.4, -0.2) is 58.1 Å². The summed E-state index contributed by atoms with van der Waals surface area (Å²) in [4.78, 5) is 19.2. The molecule has 2 aromatic rings. The highest BCUT2D eigenvalue weighted by Gasteiger charge is 2.18. The normalized spacial score (nSPS) is 17.7. The molecular weight excluding hydrogens is 304 g/mol. The van der Waals surface area contributed by atoms with Crippen LogP contribution in [0.4, 0.5) is 0 Å². The molecule has 0 bridgehead atoms. The fraction of sp³-hybridized carbons (Fsp3) is 0.588.